The van der Waals surface area contributed by atoms with E-state index in [1.807, 2.05) is 18.2 Å². The fourth-order valence-electron chi connectivity index (χ4n) is 4.90. The molecule has 0 saturated heterocycles. The SMILES string of the molecule is CCC[CH2][Sn]([CH2]CCC)([CH2]CCC)[c]1cccc(CSc2nnc(-c3ccc4c(c3)OCO4)o2)c1. The van der Waals surface area contributed by atoms with Gasteiger partial charge in [0.25, 0.3) is 0 Å². The second-order valence-electron chi connectivity index (χ2n) is 9.52. The van der Waals surface area contributed by atoms with Crippen LogP contribution in [-0.4, -0.2) is 35.4 Å². The van der Waals surface area contributed by atoms with E-state index >= 15 is 0 Å². The second kappa shape index (κ2) is 13.0. The quantitative estimate of drug-likeness (QED) is 0.139. The van der Waals surface area contributed by atoms with Crippen LogP contribution in [0.15, 0.2) is 52.1 Å². The third-order valence-electron chi connectivity index (χ3n) is 6.95. The van der Waals surface area contributed by atoms with Crippen LogP contribution in [0.2, 0.25) is 13.3 Å². The first-order valence-corrected chi connectivity index (χ1v) is 21.6. The molecule has 7 heteroatoms. The molecule has 2 aromatic carbocycles. The number of nitrogens with zero attached hydrogens (tertiary/aromatic N) is 2. The molecule has 0 N–H and O–H groups in total. The summed E-state index contributed by atoms with van der Waals surface area (Å²) in [4.78, 5) is 0. The first kappa shape index (κ1) is 26.4. The van der Waals surface area contributed by atoms with Gasteiger partial charge >= 0.3 is 208 Å². The minimum atomic E-state index is -2.43. The molecule has 1 aliphatic rings. The average Bonchev–Trinajstić information content (AvgIpc) is 3.57. The summed E-state index contributed by atoms with van der Waals surface area (Å²) in [5.74, 6) is 2.82. The van der Waals surface area contributed by atoms with E-state index in [1.165, 1.54) is 57.4 Å². The van der Waals surface area contributed by atoms with Crippen molar-refractivity contribution >= 4 is 33.7 Å². The molecule has 35 heavy (non-hydrogen) atoms. The van der Waals surface area contributed by atoms with E-state index < -0.39 is 18.4 Å². The van der Waals surface area contributed by atoms with Crippen molar-refractivity contribution in [2.24, 2.45) is 0 Å². The number of benzene rings is 2. The number of unbranched alkanes of at least 4 members (excludes halogenated alkanes) is 3. The molecule has 5 nitrogen and oxygen atoms in total. The maximum absolute atomic E-state index is 5.97. The molecule has 3 aromatic rings. The monoisotopic (exact) mass is 602 g/mol. The van der Waals surface area contributed by atoms with E-state index in [0.717, 1.165) is 22.8 Å². The minimum absolute atomic E-state index is 0.254. The summed E-state index contributed by atoms with van der Waals surface area (Å²) in [5, 5.41) is 9.14. The first-order valence-electron chi connectivity index (χ1n) is 13.1. The zero-order valence-electron chi connectivity index (χ0n) is 21.3. The third kappa shape index (κ3) is 6.76. The van der Waals surface area contributed by atoms with E-state index in [2.05, 4.69) is 55.2 Å². The predicted molar refractivity (Wildman–Crippen MR) is 146 cm³/mol. The number of rotatable bonds is 14. The molecule has 0 aliphatic carbocycles. The van der Waals surface area contributed by atoms with Crippen LogP contribution in [0.25, 0.3) is 11.5 Å². The van der Waals surface area contributed by atoms with Gasteiger partial charge in [0.15, 0.2) is 0 Å². The fraction of sp³-hybridized carbons (Fsp3) is 0.500. The number of ether oxygens (including phenoxy) is 2. The Hall–Kier alpha value is -1.67. The molecule has 0 fully saturated rings. The summed E-state index contributed by atoms with van der Waals surface area (Å²) in [6, 6.07) is 15.2. The van der Waals surface area contributed by atoms with Gasteiger partial charge in [-0.3, -0.25) is 0 Å². The van der Waals surface area contributed by atoms with Gasteiger partial charge in [0, 0.05) is 0 Å². The van der Waals surface area contributed by atoms with Gasteiger partial charge in [-0.25, -0.2) is 0 Å². The van der Waals surface area contributed by atoms with Gasteiger partial charge in [-0.1, -0.05) is 0 Å². The molecule has 1 aliphatic heterocycles. The Morgan fingerprint density at radius 2 is 1.54 bits per heavy atom. The summed E-state index contributed by atoms with van der Waals surface area (Å²) >= 11 is -0.811. The van der Waals surface area contributed by atoms with Crippen molar-refractivity contribution in [2.45, 2.75) is 83.6 Å². The van der Waals surface area contributed by atoms with Crippen LogP contribution in [0.1, 0.15) is 64.9 Å². The zero-order chi connectivity index (χ0) is 24.5. The number of hydrogen-bond donors (Lipinski definition) is 0. The maximum atomic E-state index is 5.97. The van der Waals surface area contributed by atoms with Gasteiger partial charge < -0.3 is 4.74 Å². The molecule has 0 atom stereocenters. The summed E-state index contributed by atoms with van der Waals surface area (Å²) in [6.07, 6.45) is 8.05. The van der Waals surface area contributed by atoms with Crippen molar-refractivity contribution in [3.05, 3.63) is 48.0 Å². The van der Waals surface area contributed by atoms with Crippen molar-refractivity contribution in [1.82, 2.24) is 10.2 Å². The van der Waals surface area contributed by atoms with Gasteiger partial charge in [-0.05, 0) is 0 Å². The molecule has 4 rings (SSSR count). The molecule has 1 aromatic heterocycles. The van der Waals surface area contributed by atoms with Crippen molar-refractivity contribution in [3.63, 3.8) is 0 Å². The molecule has 0 spiro atoms. The Bertz CT molecular complexity index is 1070. The van der Waals surface area contributed by atoms with Crippen LogP contribution < -0.4 is 13.1 Å². The standard InChI is InChI=1S/C16H11N2O3S.3C4H9.Sn/c1-2-4-11(5-3-1)9-22-16-18-17-15(21-16)12-6-7-13-14(8-12)20-10-19-13;3*1-3-4-2;/h1-2,4-8H,9-10H2;3*1,3-4H2,2H3;. The Balaban J connectivity index is 1.47. The zero-order valence-corrected chi connectivity index (χ0v) is 25.0. The molecule has 0 amide bonds. The van der Waals surface area contributed by atoms with Crippen LogP contribution in [0, 0.1) is 0 Å². The summed E-state index contributed by atoms with van der Waals surface area (Å²) in [7, 11) is 0. The normalized spacial score (nSPS) is 12.9. The van der Waals surface area contributed by atoms with E-state index in [1.54, 1.807) is 15.3 Å². The average molecular weight is 601 g/mol. The van der Waals surface area contributed by atoms with Crippen LogP contribution in [0.4, 0.5) is 0 Å². The summed E-state index contributed by atoms with van der Waals surface area (Å²) in [6.45, 7) is 7.27. The molecule has 0 unspecified atom stereocenters. The van der Waals surface area contributed by atoms with E-state index in [-0.39, 0.29) is 6.79 Å². The van der Waals surface area contributed by atoms with Crippen LogP contribution in [-0.2, 0) is 5.75 Å². The summed E-state index contributed by atoms with van der Waals surface area (Å²) in [5.41, 5.74) is 2.21. The van der Waals surface area contributed by atoms with Crippen molar-refractivity contribution in [1.29, 1.82) is 0 Å². The summed E-state index contributed by atoms with van der Waals surface area (Å²) < 4.78 is 23.0. The van der Waals surface area contributed by atoms with Gasteiger partial charge in [0.1, 0.15) is 0 Å². The van der Waals surface area contributed by atoms with Crippen LogP contribution >= 0.6 is 11.8 Å². The number of thioether (sulfide) groups is 1. The fourth-order valence-corrected chi connectivity index (χ4v) is 21.7. The van der Waals surface area contributed by atoms with Gasteiger partial charge in [-0.15, -0.1) is 0 Å². The topological polar surface area (TPSA) is 57.4 Å². The van der Waals surface area contributed by atoms with Crippen LogP contribution in [0.3, 0.4) is 0 Å². The molecular weight excluding hydrogens is 563 g/mol. The molecule has 0 bridgehead atoms. The number of hydrogen-bond acceptors (Lipinski definition) is 6. The molecular formula is C28H38N2O3SSn. The van der Waals surface area contributed by atoms with E-state index in [9.17, 15) is 0 Å². The number of aromatic nitrogens is 2. The first-order chi connectivity index (χ1) is 17.2. The van der Waals surface area contributed by atoms with Crippen molar-refractivity contribution in [3.8, 4) is 23.0 Å². The van der Waals surface area contributed by atoms with Crippen molar-refractivity contribution in [2.75, 3.05) is 6.79 Å². The van der Waals surface area contributed by atoms with E-state index in [4.69, 9.17) is 13.9 Å². The Kier molecular flexibility index (Phi) is 9.83. The Morgan fingerprint density at radius 1 is 0.829 bits per heavy atom. The Morgan fingerprint density at radius 3 is 2.26 bits per heavy atom. The molecule has 0 saturated carbocycles. The van der Waals surface area contributed by atoms with Gasteiger partial charge in [0.2, 0.25) is 6.79 Å². The van der Waals surface area contributed by atoms with E-state index in [0.29, 0.717) is 11.1 Å². The molecule has 188 valence electrons. The van der Waals surface area contributed by atoms with Gasteiger partial charge in [0.05, 0.1) is 0 Å². The predicted octanol–water partition coefficient (Wildman–Crippen LogP) is 7.81. The van der Waals surface area contributed by atoms with Crippen LogP contribution in [0.5, 0.6) is 11.5 Å². The van der Waals surface area contributed by atoms with Gasteiger partial charge in [-0.2, -0.15) is 0 Å². The second-order valence-corrected chi connectivity index (χ2v) is 23.7. The molecule has 2 heterocycles. The Labute approximate surface area is 218 Å². The number of fused-ring (bicyclic) bond motifs is 1. The third-order valence-corrected chi connectivity index (χ3v) is 23.4. The molecule has 0 radical (unpaired) electrons. The van der Waals surface area contributed by atoms with Crippen molar-refractivity contribution < 1.29 is 13.9 Å².